The van der Waals surface area contributed by atoms with Crippen LogP contribution in [0.3, 0.4) is 0 Å². The number of rotatable bonds is 2. The van der Waals surface area contributed by atoms with E-state index in [9.17, 15) is 14.4 Å². The Morgan fingerprint density at radius 3 is 2.92 bits per heavy atom. The fourth-order valence-corrected chi connectivity index (χ4v) is 1.000. The molecule has 2 N–H and O–H groups in total. The van der Waals surface area contributed by atoms with Crippen LogP contribution in [0.5, 0.6) is 0 Å². The summed E-state index contributed by atoms with van der Waals surface area (Å²) in [6.45, 7) is -0.201. The first kappa shape index (κ1) is 8.51. The molecule has 1 rings (SSSR count). The monoisotopic (exact) mass is 172 g/mol. The van der Waals surface area contributed by atoms with Gasteiger partial charge in [-0.05, 0) is 0 Å². The lowest BCUT2D eigenvalue weighted by molar-refractivity contribution is -0.149. The van der Waals surface area contributed by atoms with Gasteiger partial charge in [-0.15, -0.1) is 0 Å². The Bertz CT molecular complexity index is 228. The van der Waals surface area contributed by atoms with Crippen molar-refractivity contribution in [3.8, 4) is 0 Å². The number of carboxylic acids is 1. The van der Waals surface area contributed by atoms with Crippen LogP contribution < -0.4 is 5.32 Å². The maximum atomic E-state index is 10.7. The van der Waals surface area contributed by atoms with Crippen molar-refractivity contribution in [2.45, 2.75) is 6.04 Å². The first-order valence-electron chi connectivity index (χ1n) is 3.35. The number of nitrogens with zero attached hydrogens (tertiary/aromatic N) is 1. The highest BCUT2D eigenvalue weighted by molar-refractivity contribution is 5.86. The molecule has 1 unspecified atom stereocenters. The molecule has 0 radical (unpaired) electrons. The Morgan fingerprint density at radius 1 is 1.75 bits per heavy atom. The molecule has 6 heteroatoms. The molecule has 0 bridgehead atoms. The number of hydrogen-bond donors (Lipinski definition) is 2. The van der Waals surface area contributed by atoms with Gasteiger partial charge in [0.25, 0.3) is 0 Å². The zero-order valence-corrected chi connectivity index (χ0v) is 6.19. The molecule has 0 aromatic heterocycles. The summed E-state index contributed by atoms with van der Waals surface area (Å²) in [5.41, 5.74) is 0. The Morgan fingerprint density at radius 2 is 2.42 bits per heavy atom. The summed E-state index contributed by atoms with van der Waals surface area (Å²) in [5.74, 6) is -1.44. The van der Waals surface area contributed by atoms with Crippen LogP contribution >= 0.6 is 0 Å². The second-order valence-corrected chi connectivity index (χ2v) is 2.44. The summed E-state index contributed by atoms with van der Waals surface area (Å²) in [7, 11) is 0. The van der Waals surface area contributed by atoms with Crippen molar-refractivity contribution < 1.29 is 19.5 Å². The van der Waals surface area contributed by atoms with Crippen molar-refractivity contribution in [1.82, 2.24) is 10.2 Å². The van der Waals surface area contributed by atoms with Crippen molar-refractivity contribution in [3.63, 3.8) is 0 Å². The minimum absolute atomic E-state index is 0.0209. The van der Waals surface area contributed by atoms with Gasteiger partial charge in [-0.25, -0.2) is 4.79 Å². The second kappa shape index (κ2) is 3.21. The number of nitrogens with one attached hydrogen (secondary N) is 1. The largest absolute Gasteiger partial charge is 0.480 e. The van der Waals surface area contributed by atoms with Gasteiger partial charge in [0.1, 0.15) is 12.6 Å². The van der Waals surface area contributed by atoms with Crippen LogP contribution in [0.15, 0.2) is 0 Å². The fraction of sp³-hybridized carbons (Fsp3) is 0.500. The normalized spacial score (nSPS) is 23.2. The van der Waals surface area contributed by atoms with Gasteiger partial charge in [0.05, 0.1) is 0 Å². The van der Waals surface area contributed by atoms with Gasteiger partial charge in [-0.3, -0.25) is 9.59 Å². The SMILES string of the molecule is O=CN1CC(=O)NCC1C(=O)O. The Balaban J connectivity index is 2.68. The molecule has 0 spiro atoms. The number of piperazine rings is 1. The van der Waals surface area contributed by atoms with Gasteiger partial charge in [-0.2, -0.15) is 0 Å². The van der Waals surface area contributed by atoms with E-state index in [0.29, 0.717) is 6.41 Å². The average molecular weight is 172 g/mol. The second-order valence-electron chi connectivity index (χ2n) is 2.44. The maximum Gasteiger partial charge on any atom is 0.328 e. The van der Waals surface area contributed by atoms with Crippen molar-refractivity contribution >= 4 is 18.3 Å². The van der Waals surface area contributed by atoms with Gasteiger partial charge >= 0.3 is 5.97 Å². The Labute approximate surface area is 68.1 Å². The number of amides is 2. The standard InChI is InChI=1S/C6H8N2O4/c9-3-8-2-5(10)7-1-4(8)6(11)12/h3-4H,1-2H2,(H,7,10)(H,11,12). The molecule has 66 valence electrons. The van der Waals surface area contributed by atoms with Crippen LogP contribution in [0, 0.1) is 0 Å². The molecule has 1 atom stereocenters. The maximum absolute atomic E-state index is 10.7. The lowest BCUT2D eigenvalue weighted by Gasteiger charge is -2.29. The van der Waals surface area contributed by atoms with Gasteiger partial charge in [0.2, 0.25) is 12.3 Å². The predicted molar refractivity (Wildman–Crippen MR) is 37.2 cm³/mol. The molecule has 1 heterocycles. The third-order valence-corrected chi connectivity index (χ3v) is 1.64. The molecule has 1 aliphatic heterocycles. The smallest absolute Gasteiger partial charge is 0.328 e. The van der Waals surface area contributed by atoms with E-state index in [1.807, 2.05) is 0 Å². The zero-order chi connectivity index (χ0) is 9.14. The lowest BCUT2D eigenvalue weighted by Crippen LogP contribution is -2.56. The minimum Gasteiger partial charge on any atom is -0.480 e. The molecular weight excluding hydrogens is 164 g/mol. The summed E-state index contributed by atoms with van der Waals surface area (Å²) in [5, 5.41) is 10.9. The van der Waals surface area contributed by atoms with E-state index in [-0.39, 0.29) is 19.0 Å². The van der Waals surface area contributed by atoms with Crippen molar-refractivity contribution in [2.75, 3.05) is 13.1 Å². The fourth-order valence-electron chi connectivity index (χ4n) is 1.000. The number of carbonyl (C=O) groups excluding carboxylic acids is 2. The van der Waals surface area contributed by atoms with Crippen molar-refractivity contribution in [1.29, 1.82) is 0 Å². The van der Waals surface area contributed by atoms with E-state index in [1.54, 1.807) is 0 Å². The van der Waals surface area contributed by atoms with Crippen molar-refractivity contribution in [2.24, 2.45) is 0 Å². The van der Waals surface area contributed by atoms with E-state index < -0.39 is 12.0 Å². The number of aliphatic carboxylic acids is 1. The first-order valence-corrected chi connectivity index (χ1v) is 3.35. The van der Waals surface area contributed by atoms with E-state index >= 15 is 0 Å². The average Bonchev–Trinajstić information content (AvgIpc) is 2.03. The molecular formula is C6H8N2O4. The molecule has 1 saturated heterocycles. The topological polar surface area (TPSA) is 86.7 Å². The lowest BCUT2D eigenvalue weighted by atomic mass is 10.2. The summed E-state index contributed by atoms with van der Waals surface area (Å²) in [6.07, 6.45) is 0.373. The highest BCUT2D eigenvalue weighted by Crippen LogP contribution is 2.00. The van der Waals surface area contributed by atoms with Gasteiger partial charge < -0.3 is 15.3 Å². The number of hydrogen-bond acceptors (Lipinski definition) is 3. The van der Waals surface area contributed by atoms with Crippen LogP contribution in [0.25, 0.3) is 0 Å². The summed E-state index contributed by atoms with van der Waals surface area (Å²) < 4.78 is 0. The van der Waals surface area contributed by atoms with Gasteiger partial charge in [0, 0.05) is 6.54 Å². The first-order chi connectivity index (χ1) is 5.65. The van der Waals surface area contributed by atoms with Crippen LogP contribution in [0.1, 0.15) is 0 Å². The minimum atomic E-state index is -1.11. The van der Waals surface area contributed by atoms with E-state index in [0.717, 1.165) is 4.90 Å². The van der Waals surface area contributed by atoms with E-state index in [4.69, 9.17) is 5.11 Å². The van der Waals surface area contributed by atoms with E-state index in [1.165, 1.54) is 0 Å². The van der Waals surface area contributed by atoms with Crippen LogP contribution in [-0.4, -0.2) is 47.4 Å². The highest BCUT2D eigenvalue weighted by Gasteiger charge is 2.30. The third-order valence-electron chi connectivity index (χ3n) is 1.64. The van der Waals surface area contributed by atoms with Gasteiger partial charge in [0.15, 0.2) is 0 Å². The summed E-state index contributed by atoms with van der Waals surface area (Å²) in [4.78, 5) is 32.4. The molecule has 0 aliphatic carbocycles. The quantitative estimate of drug-likeness (QED) is 0.473. The van der Waals surface area contributed by atoms with Crippen molar-refractivity contribution in [3.05, 3.63) is 0 Å². The number of carboxylic acid groups (broad SMARTS) is 1. The Hall–Kier alpha value is -1.59. The Kier molecular flexibility index (Phi) is 2.27. The molecule has 12 heavy (non-hydrogen) atoms. The summed E-state index contributed by atoms with van der Waals surface area (Å²) in [6, 6.07) is -0.930. The molecule has 1 fully saturated rings. The van der Waals surface area contributed by atoms with Crippen LogP contribution in [0.2, 0.25) is 0 Å². The van der Waals surface area contributed by atoms with Crippen LogP contribution in [-0.2, 0) is 14.4 Å². The number of carbonyl (C=O) groups is 3. The summed E-state index contributed by atoms with van der Waals surface area (Å²) >= 11 is 0. The molecule has 0 saturated carbocycles. The molecule has 0 aromatic rings. The zero-order valence-electron chi connectivity index (χ0n) is 6.19. The predicted octanol–water partition coefficient (Wildman–Crippen LogP) is -1.97. The van der Waals surface area contributed by atoms with Gasteiger partial charge in [-0.1, -0.05) is 0 Å². The highest BCUT2D eigenvalue weighted by atomic mass is 16.4. The molecule has 0 aromatic carbocycles. The van der Waals surface area contributed by atoms with Crippen LogP contribution in [0.4, 0.5) is 0 Å². The molecule has 6 nitrogen and oxygen atoms in total. The third kappa shape index (κ3) is 1.52. The molecule has 1 aliphatic rings. The van der Waals surface area contributed by atoms with E-state index in [2.05, 4.69) is 5.32 Å². The molecule has 2 amide bonds.